The number of amides is 1. The first-order valence-corrected chi connectivity index (χ1v) is 6.34. The zero-order valence-electron chi connectivity index (χ0n) is 10.9. The van der Waals surface area contributed by atoms with Gasteiger partial charge in [0.15, 0.2) is 0 Å². The van der Waals surface area contributed by atoms with E-state index in [2.05, 4.69) is 34.3 Å². The summed E-state index contributed by atoms with van der Waals surface area (Å²) >= 11 is 0. The van der Waals surface area contributed by atoms with E-state index in [0.717, 1.165) is 6.42 Å². The SMILES string of the molecule is CCCCC(CC)CNC(=O)c1n[nH]c(C)n1. The Morgan fingerprint density at radius 2 is 2.24 bits per heavy atom. The third-order valence-corrected chi connectivity index (χ3v) is 2.89. The molecule has 1 aromatic rings. The van der Waals surface area contributed by atoms with Gasteiger partial charge in [-0.15, -0.1) is 5.10 Å². The van der Waals surface area contributed by atoms with Crippen molar-refractivity contribution in [2.75, 3.05) is 6.54 Å². The molecule has 17 heavy (non-hydrogen) atoms. The van der Waals surface area contributed by atoms with Crippen molar-refractivity contribution in [2.45, 2.75) is 46.5 Å². The molecule has 1 heterocycles. The first-order valence-electron chi connectivity index (χ1n) is 6.34. The molecule has 2 N–H and O–H groups in total. The van der Waals surface area contributed by atoms with Gasteiger partial charge in [-0.2, -0.15) is 0 Å². The molecule has 1 unspecified atom stereocenters. The number of aromatic amines is 1. The molecule has 0 aromatic carbocycles. The predicted octanol–water partition coefficient (Wildman–Crippen LogP) is 2.06. The fourth-order valence-corrected chi connectivity index (χ4v) is 1.70. The van der Waals surface area contributed by atoms with Gasteiger partial charge in [0, 0.05) is 6.54 Å². The summed E-state index contributed by atoms with van der Waals surface area (Å²) in [6, 6.07) is 0. The molecule has 0 aliphatic carbocycles. The second-order valence-electron chi connectivity index (χ2n) is 4.37. The Morgan fingerprint density at radius 3 is 2.76 bits per heavy atom. The second-order valence-corrected chi connectivity index (χ2v) is 4.37. The average Bonchev–Trinajstić information content (AvgIpc) is 2.76. The van der Waals surface area contributed by atoms with Crippen LogP contribution in [0, 0.1) is 12.8 Å². The second kappa shape index (κ2) is 7.04. The lowest BCUT2D eigenvalue weighted by molar-refractivity contribution is 0.0935. The topological polar surface area (TPSA) is 70.7 Å². The Hall–Kier alpha value is -1.39. The van der Waals surface area contributed by atoms with Crippen LogP contribution in [0.2, 0.25) is 0 Å². The number of carbonyl (C=O) groups is 1. The highest BCUT2D eigenvalue weighted by Gasteiger charge is 2.13. The molecule has 5 heteroatoms. The molecule has 0 saturated carbocycles. The normalized spacial score (nSPS) is 12.4. The van der Waals surface area contributed by atoms with Crippen LogP contribution < -0.4 is 5.32 Å². The highest BCUT2D eigenvalue weighted by atomic mass is 16.2. The van der Waals surface area contributed by atoms with E-state index in [1.165, 1.54) is 19.3 Å². The maximum Gasteiger partial charge on any atom is 0.290 e. The molecule has 0 aliphatic rings. The van der Waals surface area contributed by atoms with Crippen molar-refractivity contribution < 1.29 is 4.79 Å². The molecule has 0 aliphatic heterocycles. The van der Waals surface area contributed by atoms with Gasteiger partial charge in [-0.3, -0.25) is 9.89 Å². The molecule has 96 valence electrons. The summed E-state index contributed by atoms with van der Waals surface area (Å²) < 4.78 is 0. The predicted molar refractivity (Wildman–Crippen MR) is 66.8 cm³/mol. The molecule has 1 amide bonds. The van der Waals surface area contributed by atoms with Crippen LogP contribution in [0.5, 0.6) is 0 Å². The molecular weight excluding hydrogens is 216 g/mol. The van der Waals surface area contributed by atoms with Gasteiger partial charge in [0.25, 0.3) is 5.91 Å². The fraction of sp³-hybridized carbons (Fsp3) is 0.750. The minimum atomic E-state index is -0.190. The van der Waals surface area contributed by atoms with Gasteiger partial charge >= 0.3 is 0 Å². The van der Waals surface area contributed by atoms with Crippen molar-refractivity contribution in [2.24, 2.45) is 5.92 Å². The molecule has 5 nitrogen and oxygen atoms in total. The largest absolute Gasteiger partial charge is 0.349 e. The zero-order chi connectivity index (χ0) is 12.7. The summed E-state index contributed by atoms with van der Waals surface area (Å²) in [5.74, 6) is 1.25. The summed E-state index contributed by atoms with van der Waals surface area (Å²) in [5.41, 5.74) is 0. The van der Waals surface area contributed by atoms with E-state index >= 15 is 0 Å². The molecule has 1 rings (SSSR count). The average molecular weight is 238 g/mol. The van der Waals surface area contributed by atoms with Gasteiger partial charge in [-0.25, -0.2) is 4.98 Å². The smallest absolute Gasteiger partial charge is 0.290 e. The summed E-state index contributed by atoms with van der Waals surface area (Å²) in [5, 5.41) is 9.39. The number of hydrogen-bond acceptors (Lipinski definition) is 3. The van der Waals surface area contributed by atoms with E-state index in [4.69, 9.17) is 0 Å². The Labute approximate surface area is 102 Å². The third kappa shape index (κ3) is 4.54. The van der Waals surface area contributed by atoms with Crippen molar-refractivity contribution in [3.05, 3.63) is 11.6 Å². The lowest BCUT2D eigenvalue weighted by atomic mass is 9.99. The highest BCUT2D eigenvalue weighted by molar-refractivity contribution is 5.90. The number of aryl methyl sites for hydroxylation is 1. The Bertz CT molecular complexity index is 348. The van der Waals surface area contributed by atoms with Gasteiger partial charge in [-0.05, 0) is 19.3 Å². The molecule has 0 saturated heterocycles. The van der Waals surface area contributed by atoms with Crippen LogP contribution in [0.3, 0.4) is 0 Å². The first kappa shape index (κ1) is 13.7. The van der Waals surface area contributed by atoms with Gasteiger partial charge in [0.2, 0.25) is 5.82 Å². The molecule has 0 fully saturated rings. The molecule has 1 atom stereocenters. The third-order valence-electron chi connectivity index (χ3n) is 2.89. The minimum absolute atomic E-state index is 0.190. The van der Waals surface area contributed by atoms with E-state index in [0.29, 0.717) is 18.3 Å². The van der Waals surface area contributed by atoms with Crippen LogP contribution >= 0.6 is 0 Å². The number of carbonyl (C=O) groups excluding carboxylic acids is 1. The van der Waals surface area contributed by atoms with Gasteiger partial charge in [-0.1, -0.05) is 33.1 Å². The van der Waals surface area contributed by atoms with Crippen molar-refractivity contribution in [1.29, 1.82) is 0 Å². The molecule has 0 bridgehead atoms. The number of nitrogens with zero attached hydrogens (tertiary/aromatic N) is 2. The summed E-state index contributed by atoms with van der Waals surface area (Å²) in [7, 11) is 0. The van der Waals surface area contributed by atoms with E-state index in [1.807, 2.05) is 0 Å². The van der Waals surface area contributed by atoms with Crippen molar-refractivity contribution in [3.8, 4) is 0 Å². The number of nitrogens with one attached hydrogen (secondary N) is 2. The fourth-order valence-electron chi connectivity index (χ4n) is 1.70. The summed E-state index contributed by atoms with van der Waals surface area (Å²) in [6.07, 6.45) is 4.67. The molecule has 1 aromatic heterocycles. The number of unbranched alkanes of at least 4 members (excludes halogenated alkanes) is 1. The number of rotatable bonds is 7. The van der Waals surface area contributed by atoms with Crippen LogP contribution in [0.25, 0.3) is 0 Å². The van der Waals surface area contributed by atoms with Gasteiger partial charge in [0.1, 0.15) is 5.82 Å². The maximum absolute atomic E-state index is 11.7. The lowest BCUT2D eigenvalue weighted by Gasteiger charge is -2.14. The van der Waals surface area contributed by atoms with Crippen molar-refractivity contribution in [3.63, 3.8) is 0 Å². The standard InChI is InChI=1S/C12H22N4O/c1-4-6-7-10(5-2)8-13-12(17)11-14-9(3)15-16-11/h10H,4-8H2,1-3H3,(H,13,17)(H,14,15,16). The van der Waals surface area contributed by atoms with Crippen LogP contribution in [-0.4, -0.2) is 27.6 Å². The molecular formula is C12H22N4O. The van der Waals surface area contributed by atoms with Crippen LogP contribution in [0.4, 0.5) is 0 Å². The monoisotopic (exact) mass is 238 g/mol. The minimum Gasteiger partial charge on any atom is -0.349 e. The first-order chi connectivity index (χ1) is 8.17. The van der Waals surface area contributed by atoms with E-state index < -0.39 is 0 Å². The van der Waals surface area contributed by atoms with Crippen LogP contribution in [0.1, 0.15) is 56.0 Å². The van der Waals surface area contributed by atoms with E-state index in [-0.39, 0.29) is 11.7 Å². The summed E-state index contributed by atoms with van der Waals surface area (Å²) in [6.45, 7) is 6.83. The number of H-pyrrole nitrogens is 1. The van der Waals surface area contributed by atoms with Crippen LogP contribution in [0.15, 0.2) is 0 Å². The van der Waals surface area contributed by atoms with E-state index in [1.54, 1.807) is 6.92 Å². The zero-order valence-corrected chi connectivity index (χ0v) is 10.9. The van der Waals surface area contributed by atoms with E-state index in [9.17, 15) is 4.79 Å². The molecule has 0 spiro atoms. The Morgan fingerprint density at radius 1 is 1.47 bits per heavy atom. The number of aromatic nitrogens is 3. The lowest BCUT2D eigenvalue weighted by Crippen LogP contribution is -2.30. The van der Waals surface area contributed by atoms with Crippen molar-refractivity contribution in [1.82, 2.24) is 20.5 Å². The van der Waals surface area contributed by atoms with Gasteiger partial charge in [0.05, 0.1) is 0 Å². The Kier molecular flexibility index (Phi) is 5.66. The molecule has 0 radical (unpaired) electrons. The van der Waals surface area contributed by atoms with Crippen molar-refractivity contribution >= 4 is 5.91 Å². The number of hydrogen-bond donors (Lipinski definition) is 2. The maximum atomic E-state index is 11.7. The van der Waals surface area contributed by atoms with Gasteiger partial charge < -0.3 is 5.32 Å². The quantitative estimate of drug-likeness (QED) is 0.763. The highest BCUT2D eigenvalue weighted by Crippen LogP contribution is 2.11. The van der Waals surface area contributed by atoms with Crippen LogP contribution in [-0.2, 0) is 0 Å². The summed E-state index contributed by atoms with van der Waals surface area (Å²) in [4.78, 5) is 15.7. The Balaban J connectivity index is 2.36.